The SMILES string of the molecule is Cc1cc2nc(C)c3c(C)c(-c4ccccc4)c(-c4ccc(C5(N6C(=O)c7ccccc7C6=O)CC(C)(O)C5)cc4)nc3n2n1. The molecule has 0 saturated heterocycles. The Labute approximate surface area is 260 Å². The molecule has 222 valence electrons. The van der Waals surface area contributed by atoms with Crippen LogP contribution in [-0.4, -0.2) is 47.0 Å². The fourth-order valence-electron chi connectivity index (χ4n) is 7.61. The molecule has 2 aliphatic rings. The number of aliphatic hydroxyl groups is 1. The third-order valence-electron chi connectivity index (χ3n) is 9.41. The van der Waals surface area contributed by atoms with Crippen LogP contribution in [0.4, 0.5) is 0 Å². The molecule has 3 aromatic carbocycles. The molecule has 4 heterocycles. The average Bonchev–Trinajstić information content (AvgIpc) is 3.51. The van der Waals surface area contributed by atoms with Crippen molar-refractivity contribution in [2.45, 2.75) is 51.7 Å². The van der Waals surface area contributed by atoms with Gasteiger partial charge in [0.05, 0.1) is 39.3 Å². The lowest BCUT2D eigenvalue weighted by atomic mass is 9.61. The summed E-state index contributed by atoms with van der Waals surface area (Å²) in [4.78, 5) is 38.7. The van der Waals surface area contributed by atoms with Gasteiger partial charge >= 0.3 is 0 Å². The van der Waals surface area contributed by atoms with Gasteiger partial charge in [-0.3, -0.25) is 14.5 Å². The number of aromatic nitrogens is 4. The second-order valence-corrected chi connectivity index (χ2v) is 12.7. The number of imide groups is 1. The van der Waals surface area contributed by atoms with Gasteiger partial charge in [-0.1, -0.05) is 66.7 Å². The number of carbonyl (C=O) groups is 2. The van der Waals surface area contributed by atoms with E-state index >= 15 is 0 Å². The van der Waals surface area contributed by atoms with Crippen LogP contribution >= 0.6 is 0 Å². The van der Waals surface area contributed by atoms with Gasteiger partial charge in [0, 0.05) is 35.4 Å². The zero-order valence-corrected chi connectivity index (χ0v) is 25.5. The third kappa shape index (κ3) is 3.92. The Morgan fingerprint density at radius 3 is 2.02 bits per heavy atom. The molecule has 1 N–H and O–H groups in total. The minimum Gasteiger partial charge on any atom is -0.390 e. The highest BCUT2D eigenvalue weighted by molar-refractivity contribution is 6.22. The Hall–Kier alpha value is -5.21. The highest BCUT2D eigenvalue weighted by Crippen LogP contribution is 2.54. The Morgan fingerprint density at radius 1 is 0.778 bits per heavy atom. The maximum atomic E-state index is 13.6. The van der Waals surface area contributed by atoms with Crippen molar-refractivity contribution in [1.29, 1.82) is 0 Å². The Kier molecular flexibility index (Phi) is 5.71. The maximum absolute atomic E-state index is 13.6. The van der Waals surface area contributed by atoms with Crippen molar-refractivity contribution in [2.75, 3.05) is 0 Å². The first-order valence-electron chi connectivity index (χ1n) is 15.1. The number of benzene rings is 3. The van der Waals surface area contributed by atoms with Crippen LogP contribution in [0.2, 0.25) is 0 Å². The first-order valence-corrected chi connectivity index (χ1v) is 15.1. The normalized spacial score (nSPS) is 21.0. The van der Waals surface area contributed by atoms with Crippen LogP contribution < -0.4 is 0 Å². The van der Waals surface area contributed by atoms with Gasteiger partial charge in [-0.05, 0) is 56.5 Å². The summed E-state index contributed by atoms with van der Waals surface area (Å²) in [6, 6.07) is 27.0. The number of pyridine rings is 1. The van der Waals surface area contributed by atoms with Crippen molar-refractivity contribution in [2.24, 2.45) is 0 Å². The quantitative estimate of drug-likeness (QED) is 0.232. The van der Waals surface area contributed by atoms with E-state index in [0.29, 0.717) is 11.1 Å². The minimum absolute atomic E-state index is 0.260. The molecule has 1 saturated carbocycles. The number of aryl methyl sites for hydroxylation is 3. The summed E-state index contributed by atoms with van der Waals surface area (Å²) in [5.41, 5.74) is 7.68. The van der Waals surface area contributed by atoms with Crippen LogP contribution in [0.1, 0.15) is 63.0 Å². The number of carbonyl (C=O) groups excluding carboxylic acids is 2. The molecule has 0 radical (unpaired) electrons. The van der Waals surface area contributed by atoms with E-state index in [1.54, 1.807) is 31.2 Å². The summed E-state index contributed by atoms with van der Waals surface area (Å²) in [5.74, 6) is -0.647. The summed E-state index contributed by atoms with van der Waals surface area (Å²) in [6.45, 7) is 7.81. The Balaban J connectivity index is 1.31. The second kappa shape index (κ2) is 9.39. The predicted octanol–water partition coefficient (Wildman–Crippen LogP) is 6.57. The maximum Gasteiger partial charge on any atom is 0.262 e. The van der Waals surface area contributed by atoms with Gasteiger partial charge in [0.2, 0.25) is 0 Å². The molecule has 6 aromatic rings. The van der Waals surface area contributed by atoms with Gasteiger partial charge < -0.3 is 5.11 Å². The van der Waals surface area contributed by atoms with Crippen molar-refractivity contribution in [1.82, 2.24) is 24.5 Å². The van der Waals surface area contributed by atoms with Crippen LogP contribution in [0.3, 0.4) is 0 Å². The first kappa shape index (κ1) is 27.3. The highest BCUT2D eigenvalue weighted by Gasteiger charge is 2.60. The van der Waals surface area contributed by atoms with Gasteiger partial charge in [0.1, 0.15) is 0 Å². The third-order valence-corrected chi connectivity index (χ3v) is 9.41. The molecule has 3 aromatic heterocycles. The molecule has 1 aliphatic carbocycles. The lowest BCUT2D eigenvalue weighted by Gasteiger charge is -2.55. The monoisotopic (exact) mass is 593 g/mol. The summed E-state index contributed by atoms with van der Waals surface area (Å²) < 4.78 is 1.81. The van der Waals surface area contributed by atoms with E-state index in [1.165, 1.54) is 4.90 Å². The molecule has 2 amide bonds. The number of hydrogen-bond acceptors (Lipinski definition) is 6. The zero-order chi connectivity index (χ0) is 31.2. The molecule has 45 heavy (non-hydrogen) atoms. The van der Waals surface area contributed by atoms with Crippen molar-refractivity contribution >= 4 is 28.5 Å². The molecular weight excluding hydrogens is 562 g/mol. The van der Waals surface area contributed by atoms with Crippen molar-refractivity contribution in [3.63, 3.8) is 0 Å². The van der Waals surface area contributed by atoms with Gasteiger partial charge in [-0.15, -0.1) is 0 Å². The van der Waals surface area contributed by atoms with E-state index in [-0.39, 0.29) is 24.7 Å². The molecule has 8 rings (SSSR count). The first-order chi connectivity index (χ1) is 21.6. The van der Waals surface area contributed by atoms with Crippen LogP contribution in [0, 0.1) is 20.8 Å². The van der Waals surface area contributed by atoms with Gasteiger partial charge in [-0.2, -0.15) is 9.61 Å². The molecule has 8 nitrogen and oxygen atoms in total. The highest BCUT2D eigenvalue weighted by atomic mass is 16.3. The lowest BCUT2D eigenvalue weighted by Crippen LogP contribution is -2.63. The van der Waals surface area contributed by atoms with Gasteiger partial charge in [0.15, 0.2) is 11.3 Å². The standard InChI is InChI=1S/C37H31N5O3/c1-21-18-29-38-23(3)30-22(2)31(24-10-6-5-7-11-24)32(39-33(30)42(29)40-21)25-14-16-26(17-15-25)37(19-36(4,45)20-37)41-34(43)27-12-8-9-13-28(27)35(41)44/h5-18,45H,19-20H2,1-4H3. The smallest absolute Gasteiger partial charge is 0.262 e. The molecule has 0 atom stereocenters. The molecular formula is C37H31N5O3. The Bertz CT molecular complexity index is 2170. The minimum atomic E-state index is -0.995. The number of nitrogens with zero attached hydrogens (tertiary/aromatic N) is 5. The predicted molar refractivity (Wildman–Crippen MR) is 172 cm³/mol. The van der Waals surface area contributed by atoms with E-state index in [4.69, 9.17) is 15.1 Å². The van der Waals surface area contributed by atoms with Crippen molar-refractivity contribution < 1.29 is 14.7 Å². The van der Waals surface area contributed by atoms with Crippen molar-refractivity contribution in [3.8, 4) is 22.4 Å². The van der Waals surface area contributed by atoms with E-state index in [1.807, 2.05) is 66.9 Å². The van der Waals surface area contributed by atoms with Gasteiger partial charge in [0.25, 0.3) is 11.8 Å². The molecule has 8 heteroatoms. The zero-order valence-electron chi connectivity index (χ0n) is 25.5. The van der Waals surface area contributed by atoms with Crippen LogP contribution in [-0.2, 0) is 5.54 Å². The summed E-state index contributed by atoms with van der Waals surface area (Å²) >= 11 is 0. The molecule has 0 spiro atoms. The van der Waals surface area contributed by atoms with E-state index < -0.39 is 11.1 Å². The number of fused-ring (bicyclic) bond motifs is 4. The fourth-order valence-corrected chi connectivity index (χ4v) is 7.61. The summed E-state index contributed by atoms with van der Waals surface area (Å²) in [5, 5.41) is 16.6. The average molecular weight is 594 g/mol. The van der Waals surface area contributed by atoms with Gasteiger partial charge in [-0.25, -0.2) is 9.97 Å². The van der Waals surface area contributed by atoms with Crippen LogP contribution in [0.15, 0.2) is 84.9 Å². The molecule has 0 bridgehead atoms. The summed E-state index contributed by atoms with van der Waals surface area (Å²) in [7, 11) is 0. The largest absolute Gasteiger partial charge is 0.390 e. The van der Waals surface area contributed by atoms with Crippen LogP contribution in [0.25, 0.3) is 39.1 Å². The van der Waals surface area contributed by atoms with E-state index in [0.717, 1.165) is 61.6 Å². The van der Waals surface area contributed by atoms with E-state index in [9.17, 15) is 14.7 Å². The number of amides is 2. The number of hydrogen-bond donors (Lipinski definition) is 1. The fraction of sp³-hybridized carbons (Fsp3) is 0.216. The molecule has 1 fully saturated rings. The Morgan fingerprint density at radius 2 is 1.40 bits per heavy atom. The van der Waals surface area contributed by atoms with Crippen LogP contribution in [0.5, 0.6) is 0 Å². The van der Waals surface area contributed by atoms with Crippen molar-refractivity contribution in [3.05, 3.63) is 119 Å². The topological polar surface area (TPSA) is 101 Å². The second-order valence-electron chi connectivity index (χ2n) is 12.7. The molecule has 0 unspecified atom stereocenters. The molecule has 1 aliphatic heterocycles. The summed E-state index contributed by atoms with van der Waals surface area (Å²) in [6.07, 6.45) is 0.520. The van der Waals surface area contributed by atoms with E-state index in [2.05, 4.69) is 19.1 Å². The number of rotatable bonds is 4. The lowest BCUT2D eigenvalue weighted by molar-refractivity contribution is -0.118.